The van der Waals surface area contributed by atoms with Crippen LogP contribution in [0.2, 0.25) is 0 Å². The summed E-state index contributed by atoms with van der Waals surface area (Å²) in [5.74, 6) is 0.615. The molecule has 1 N–H and O–H groups in total. The first-order valence-corrected chi connectivity index (χ1v) is 9.15. The van der Waals surface area contributed by atoms with Crippen molar-refractivity contribution in [1.29, 1.82) is 0 Å². The average molecular weight is 367 g/mol. The molecule has 0 unspecified atom stereocenters. The molecular formula is C20H25N5O2. The zero-order valence-corrected chi connectivity index (χ0v) is 15.8. The molecule has 27 heavy (non-hydrogen) atoms. The second-order valence-electron chi connectivity index (χ2n) is 6.93. The second kappa shape index (κ2) is 8.62. The summed E-state index contributed by atoms with van der Waals surface area (Å²) in [7, 11) is 1.69. The summed E-state index contributed by atoms with van der Waals surface area (Å²) in [5.41, 5.74) is 1.87. The van der Waals surface area contributed by atoms with Crippen molar-refractivity contribution in [2.24, 2.45) is 5.92 Å². The molecule has 1 aliphatic heterocycles. The van der Waals surface area contributed by atoms with E-state index in [4.69, 9.17) is 0 Å². The van der Waals surface area contributed by atoms with Crippen LogP contribution in [0.5, 0.6) is 0 Å². The quantitative estimate of drug-likeness (QED) is 0.876. The molecule has 7 heteroatoms. The van der Waals surface area contributed by atoms with E-state index in [1.807, 2.05) is 31.2 Å². The molecule has 2 aromatic rings. The number of piperidine rings is 1. The number of carbonyl (C=O) groups is 2. The van der Waals surface area contributed by atoms with Crippen molar-refractivity contribution in [2.45, 2.75) is 19.8 Å². The molecule has 1 aromatic heterocycles. The highest BCUT2D eigenvalue weighted by Crippen LogP contribution is 2.22. The summed E-state index contributed by atoms with van der Waals surface area (Å²) in [6.07, 6.45) is 6.56. The highest BCUT2D eigenvalue weighted by molar-refractivity contribution is 5.94. The normalized spacial score (nSPS) is 14.7. The Balaban J connectivity index is 1.47. The Bertz CT molecular complexity index is 771. The van der Waals surface area contributed by atoms with E-state index in [9.17, 15) is 9.59 Å². The standard InChI is InChI=1S/C20H25N5O2/c1-15-3-5-17(6-4-15)23-19(26)14-24(2)20(27)16-7-11-25(12-8-16)18-13-21-9-10-22-18/h3-6,9-10,13,16H,7-8,11-12,14H2,1-2H3,(H,23,26). The van der Waals surface area contributed by atoms with Gasteiger partial charge in [0.1, 0.15) is 5.82 Å². The van der Waals surface area contributed by atoms with Crippen molar-refractivity contribution >= 4 is 23.3 Å². The Morgan fingerprint density at radius 2 is 1.89 bits per heavy atom. The lowest BCUT2D eigenvalue weighted by molar-refractivity contribution is -0.137. The topological polar surface area (TPSA) is 78.4 Å². The predicted octanol–water partition coefficient (Wildman–Crippen LogP) is 2.10. The van der Waals surface area contributed by atoms with E-state index in [1.165, 1.54) is 4.90 Å². The van der Waals surface area contributed by atoms with Crippen molar-refractivity contribution in [3.63, 3.8) is 0 Å². The van der Waals surface area contributed by atoms with Crippen molar-refractivity contribution in [3.8, 4) is 0 Å². The maximum absolute atomic E-state index is 12.7. The number of likely N-dealkylation sites (N-methyl/N-ethyl adjacent to an activating group) is 1. The van der Waals surface area contributed by atoms with Gasteiger partial charge in [0.05, 0.1) is 12.7 Å². The van der Waals surface area contributed by atoms with E-state index in [0.717, 1.165) is 43.0 Å². The van der Waals surface area contributed by atoms with Crippen LogP contribution in [0.1, 0.15) is 18.4 Å². The van der Waals surface area contributed by atoms with Crippen LogP contribution >= 0.6 is 0 Å². The summed E-state index contributed by atoms with van der Waals surface area (Å²) < 4.78 is 0. The van der Waals surface area contributed by atoms with Gasteiger partial charge >= 0.3 is 0 Å². The Morgan fingerprint density at radius 3 is 2.52 bits per heavy atom. The Morgan fingerprint density at radius 1 is 1.19 bits per heavy atom. The molecule has 1 aliphatic rings. The molecule has 7 nitrogen and oxygen atoms in total. The lowest BCUT2D eigenvalue weighted by Crippen LogP contribution is -2.43. The first-order valence-electron chi connectivity index (χ1n) is 9.15. The van der Waals surface area contributed by atoms with Gasteiger partial charge in [0.15, 0.2) is 0 Å². The van der Waals surface area contributed by atoms with Gasteiger partial charge in [-0.15, -0.1) is 0 Å². The number of rotatable bonds is 5. The predicted molar refractivity (Wildman–Crippen MR) is 104 cm³/mol. The van der Waals surface area contributed by atoms with Gasteiger partial charge < -0.3 is 15.1 Å². The second-order valence-corrected chi connectivity index (χ2v) is 6.93. The molecular weight excluding hydrogens is 342 g/mol. The Hall–Kier alpha value is -2.96. The van der Waals surface area contributed by atoms with Crippen LogP contribution in [-0.4, -0.2) is 53.4 Å². The fraction of sp³-hybridized carbons (Fsp3) is 0.400. The maximum atomic E-state index is 12.7. The van der Waals surface area contributed by atoms with E-state index in [-0.39, 0.29) is 24.3 Å². The summed E-state index contributed by atoms with van der Waals surface area (Å²) >= 11 is 0. The number of aryl methyl sites for hydroxylation is 1. The molecule has 0 radical (unpaired) electrons. The third kappa shape index (κ3) is 5.03. The van der Waals surface area contributed by atoms with Crippen molar-refractivity contribution < 1.29 is 9.59 Å². The Labute approximate surface area is 159 Å². The summed E-state index contributed by atoms with van der Waals surface area (Å²) in [4.78, 5) is 36.9. The van der Waals surface area contributed by atoms with Crippen molar-refractivity contribution in [3.05, 3.63) is 48.4 Å². The summed E-state index contributed by atoms with van der Waals surface area (Å²) in [6, 6.07) is 7.60. The lowest BCUT2D eigenvalue weighted by atomic mass is 9.95. The van der Waals surface area contributed by atoms with Gasteiger partial charge in [-0.1, -0.05) is 17.7 Å². The minimum absolute atomic E-state index is 0.0212. The van der Waals surface area contributed by atoms with Crippen LogP contribution in [-0.2, 0) is 9.59 Å². The number of aromatic nitrogens is 2. The number of anilines is 2. The van der Waals surface area contributed by atoms with Gasteiger partial charge in [-0.3, -0.25) is 14.6 Å². The molecule has 0 saturated carbocycles. The van der Waals surface area contributed by atoms with E-state index in [2.05, 4.69) is 20.2 Å². The van der Waals surface area contributed by atoms with Crippen LogP contribution in [0.4, 0.5) is 11.5 Å². The third-order valence-electron chi connectivity index (χ3n) is 4.81. The van der Waals surface area contributed by atoms with Gasteiger partial charge in [-0.25, -0.2) is 4.98 Å². The molecule has 3 rings (SSSR count). The van der Waals surface area contributed by atoms with E-state index < -0.39 is 0 Å². The zero-order valence-electron chi connectivity index (χ0n) is 15.8. The van der Waals surface area contributed by atoms with Gasteiger partial charge in [-0.2, -0.15) is 0 Å². The van der Waals surface area contributed by atoms with Gasteiger partial charge in [0, 0.05) is 44.1 Å². The van der Waals surface area contributed by atoms with E-state index >= 15 is 0 Å². The number of carbonyl (C=O) groups excluding carboxylic acids is 2. The fourth-order valence-corrected chi connectivity index (χ4v) is 3.25. The van der Waals surface area contributed by atoms with Crippen molar-refractivity contribution in [1.82, 2.24) is 14.9 Å². The molecule has 2 amide bonds. The largest absolute Gasteiger partial charge is 0.355 e. The minimum atomic E-state index is -0.188. The van der Waals surface area contributed by atoms with Crippen molar-refractivity contribution in [2.75, 3.05) is 36.9 Å². The third-order valence-corrected chi connectivity index (χ3v) is 4.81. The number of benzene rings is 1. The minimum Gasteiger partial charge on any atom is -0.355 e. The molecule has 2 heterocycles. The highest BCUT2D eigenvalue weighted by Gasteiger charge is 2.28. The van der Waals surface area contributed by atoms with Crippen LogP contribution < -0.4 is 10.2 Å². The first-order chi connectivity index (χ1) is 13.0. The number of nitrogens with zero attached hydrogens (tertiary/aromatic N) is 4. The molecule has 1 saturated heterocycles. The highest BCUT2D eigenvalue weighted by atomic mass is 16.2. The Kier molecular flexibility index (Phi) is 6.01. The van der Waals surface area contributed by atoms with E-state index in [1.54, 1.807) is 25.6 Å². The summed E-state index contributed by atoms with van der Waals surface area (Å²) in [6.45, 7) is 3.57. The lowest BCUT2D eigenvalue weighted by Gasteiger charge is -2.33. The van der Waals surface area contributed by atoms with Crippen LogP contribution in [0.25, 0.3) is 0 Å². The molecule has 0 atom stereocenters. The number of hydrogen-bond acceptors (Lipinski definition) is 5. The smallest absolute Gasteiger partial charge is 0.243 e. The van der Waals surface area contributed by atoms with Gasteiger partial charge in [0.25, 0.3) is 0 Å². The van der Waals surface area contributed by atoms with Crippen LogP contribution in [0.3, 0.4) is 0 Å². The maximum Gasteiger partial charge on any atom is 0.243 e. The average Bonchev–Trinajstić information content (AvgIpc) is 2.70. The fourth-order valence-electron chi connectivity index (χ4n) is 3.25. The number of nitrogens with one attached hydrogen (secondary N) is 1. The number of hydrogen-bond donors (Lipinski definition) is 1. The van der Waals surface area contributed by atoms with Gasteiger partial charge in [0.2, 0.25) is 11.8 Å². The van der Waals surface area contributed by atoms with Crippen LogP contribution in [0, 0.1) is 12.8 Å². The molecule has 0 aliphatic carbocycles. The zero-order chi connectivity index (χ0) is 19.2. The first kappa shape index (κ1) is 18.8. The van der Waals surface area contributed by atoms with Gasteiger partial charge in [-0.05, 0) is 31.9 Å². The monoisotopic (exact) mass is 367 g/mol. The molecule has 0 spiro atoms. The molecule has 142 valence electrons. The van der Waals surface area contributed by atoms with E-state index in [0.29, 0.717) is 0 Å². The number of amides is 2. The molecule has 1 aromatic carbocycles. The van der Waals surface area contributed by atoms with Crippen LogP contribution in [0.15, 0.2) is 42.9 Å². The SMILES string of the molecule is Cc1ccc(NC(=O)CN(C)C(=O)C2CCN(c3cnccn3)CC2)cc1. The summed E-state index contributed by atoms with van der Waals surface area (Å²) in [5, 5.41) is 2.83. The molecule has 1 fully saturated rings. The molecule has 0 bridgehead atoms.